The topological polar surface area (TPSA) is 122 Å². The van der Waals surface area contributed by atoms with Crippen LogP contribution in [-0.2, 0) is 0 Å². The average molecular weight is 451 g/mol. The number of nitrogens with one attached hydrogen (secondary N) is 3. The standard InChI is InChI=1S/C22H26N8OS/c1-14(2)30(13-23)20(24)15-7-6-8-19(26-15)28-21(31)16-11-18-17(12-25-16)27-22(32-18)29-9-4-3-5-10-29/h6-8,11-14,23-24H,3-5,9-10H2,1-2H3,(H,26,28,31). The zero-order chi connectivity index (χ0) is 22.7. The van der Waals surface area contributed by atoms with Gasteiger partial charge in [-0.3, -0.25) is 15.6 Å². The van der Waals surface area contributed by atoms with Crippen molar-refractivity contribution >= 4 is 50.6 Å². The monoisotopic (exact) mass is 450 g/mol. The molecule has 0 spiro atoms. The molecule has 32 heavy (non-hydrogen) atoms. The minimum absolute atomic E-state index is 0.0507. The first kappa shape index (κ1) is 21.8. The summed E-state index contributed by atoms with van der Waals surface area (Å²) >= 11 is 1.58. The summed E-state index contributed by atoms with van der Waals surface area (Å²) in [6.07, 6.45) is 6.36. The van der Waals surface area contributed by atoms with Crippen molar-refractivity contribution in [2.75, 3.05) is 23.3 Å². The number of pyridine rings is 2. The van der Waals surface area contributed by atoms with E-state index >= 15 is 0 Å². The largest absolute Gasteiger partial charge is 0.348 e. The van der Waals surface area contributed by atoms with Crippen LogP contribution in [0.4, 0.5) is 10.9 Å². The molecule has 3 aromatic rings. The van der Waals surface area contributed by atoms with Crippen molar-refractivity contribution in [3.05, 3.63) is 41.9 Å². The van der Waals surface area contributed by atoms with E-state index in [0.717, 1.165) is 34.8 Å². The maximum absolute atomic E-state index is 12.8. The zero-order valence-electron chi connectivity index (χ0n) is 18.1. The van der Waals surface area contributed by atoms with Crippen molar-refractivity contribution in [2.45, 2.75) is 39.2 Å². The van der Waals surface area contributed by atoms with Crippen molar-refractivity contribution < 1.29 is 4.79 Å². The molecule has 4 rings (SSSR count). The second-order valence-corrected chi connectivity index (χ2v) is 8.93. The molecule has 4 heterocycles. The Labute approximate surface area is 190 Å². The Hall–Kier alpha value is -3.40. The van der Waals surface area contributed by atoms with E-state index in [9.17, 15) is 4.79 Å². The molecular formula is C22H26N8OS. The van der Waals surface area contributed by atoms with Crippen LogP contribution in [0.2, 0.25) is 0 Å². The average Bonchev–Trinajstić information content (AvgIpc) is 3.23. The van der Waals surface area contributed by atoms with Gasteiger partial charge in [0.1, 0.15) is 22.7 Å². The number of anilines is 2. The lowest BCUT2D eigenvalue weighted by Gasteiger charge is -2.25. The number of thiazole rings is 1. The van der Waals surface area contributed by atoms with Crippen LogP contribution in [0, 0.1) is 10.8 Å². The fraction of sp³-hybridized carbons (Fsp3) is 0.364. The van der Waals surface area contributed by atoms with Gasteiger partial charge in [0.2, 0.25) is 0 Å². The Balaban J connectivity index is 1.51. The third-order valence-electron chi connectivity index (χ3n) is 5.31. The number of nitrogens with zero attached hydrogens (tertiary/aromatic N) is 5. The van der Waals surface area contributed by atoms with Gasteiger partial charge < -0.3 is 15.1 Å². The fourth-order valence-corrected chi connectivity index (χ4v) is 4.61. The van der Waals surface area contributed by atoms with Gasteiger partial charge in [-0.1, -0.05) is 17.4 Å². The number of amides is 1. The predicted molar refractivity (Wildman–Crippen MR) is 128 cm³/mol. The van der Waals surface area contributed by atoms with E-state index in [1.165, 1.54) is 24.2 Å². The number of rotatable bonds is 6. The second kappa shape index (κ2) is 9.39. The Kier molecular flexibility index (Phi) is 6.40. The first-order valence-corrected chi connectivity index (χ1v) is 11.5. The first-order valence-electron chi connectivity index (χ1n) is 10.6. The molecule has 0 bridgehead atoms. The zero-order valence-corrected chi connectivity index (χ0v) is 18.9. The summed E-state index contributed by atoms with van der Waals surface area (Å²) in [7, 11) is 0. The Morgan fingerprint density at radius 3 is 2.72 bits per heavy atom. The SMILES string of the molecule is CC(C)N(C=N)C(=N)c1cccc(NC(=O)c2cc3sc(N4CCCCC4)nc3cn2)n1. The molecule has 1 aliphatic heterocycles. The molecule has 10 heteroatoms. The Bertz CT molecular complexity index is 1150. The summed E-state index contributed by atoms with van der Waals surface area (Å²) in [6, 6.07) is 6.78. The summed E-state index contributed by atoms with van der Waals surface area (Å²) in [4.78, 5) is 29.9. The quantitative estimate of drug-likeness (QED) is 0.386. The third-order valence-corrected chi connectivity index (χ3v) is 6.39. The van der Waals surface area contributed by atoms with E-state index in [-0.39, 0.29) is 23.5 Å². The number of hydrogen-bond donors (Lipinski definition) is 3. The van der Waals surface area contributed by atoms with Crippen LogP contribution >= 0.6 is 11.3 Å². The number of carbonyl (C=O) groups excluding carboxylic acids is 1. The summed E-state index contributed by atoms with van der Waals surface area (Å²) in [5.74, 6) is 0.0514. The van der Waals surface area contributed by atoms with Crippen molar-refractivity contribution in [1.82, 2.24) is 19.9 Å². The lowest BCUT2D eigenvalue weighted by Crippen LogP contribution is -2.36. The molecule has 3 N–H and O–H groups in total. The molecule has 0 radical (unpaired) electrons. The molecule has 1 aliphatic rings. The smallest absolute Gasteiger partial charge is 0.275 e. The van der Waals surface area contributed by atoms with Crippen LogP contribution in [0.5, 0.6) is 0 Å². The third kappa shape index (κ3) is 4.59. The molecule has 166 valence electrons. The van der Waals surface area contributed by atoms with Crippen molar-refractivity contribution in [2.24, 2.45) is 0 Å². The van der Waals surface area contributed by atoms with Crippen LogP contribution in [0.25, 0.3) is 10.2 Å². The van der Waals surface area contributed by atoms with E-state index < -0.39 is 0 Å². The van der Waals surface area contributed by atoms with Crippen molar-refractivity contribution in [1.29, 1.82) is 10.8 Å². The minimum atomic E-state index is -0.372. The lowest BCUT2D eigenvalue weighted by molar-refractivity contribution is 0.102. The number of amidine groups is 1. The van der Waals surface area contributed by atoms with Gasteiger partial charge in [-0.2, -0.15) is 0 Å². The number of fused-ring (bicyclic) bond motifs is 1. The molecule has 0 saturated carbocycles. The van der Waals surface area contributed by atoms with Crippen LogP contribution in [-0.4, -0.2) is 57.1 Å². The second-order valence-electron chi connectivity index (χ2n) is 7.92. The summed E-state index contributed by atoms with van der Waals surface area (Å²) < 4.78 is 0.924. The lowest BCUT2D eigenvalue weighted by atomic mass is 10.1. The highest BCUT2D eigenvalue weighted by molar-refractivity contribution is 7.22. The fourth-order valence-electron chi connectivity index (χ4n) is 3.58. The Morgan fingerprint density at radius 2 is 2.00 bits per heavy atom. The van der Waals surface area contributed by atoms with Gasteiger partial charge in [-0.25, -0.2) is 15.0 Å². The molecule has 0 atom stereocenters. The molecular weight excluding hydrogens is 424 g/mol. The number of piperidine rings is 1. The van der Waals surface area contributed by atoms with Crippen LogP contribution < -0.4 is 10.2 Å². The van der Waals surface area contributed by atoms with E-state index in [1.54, 1.807) is 41.8 Å². The maximum atomic E-state index is 12.8. The van der Waals surface area contributed by atoms with Gasteiger partial charge in [0.15, 0.2) is 11.0 Å². The molecule has 1 fully saturated rings. The van der Waals surface area contributed by atoms with E-state index in [4.69, 9.17) is 10.8 Å². The van der Waals surface area contributed by atoms with Crippen LogP contribution in [0.15, 0.2) is 30.5 Å². The van der Waals surface area contributed by atoms with Crippen LogP contribution in [0.1, 0.15) is 49.3 Å². The normalized spacial score (nSPS) is 13.9. The Morgan fingerprint density at radius 1 is 1.22 bits per heavy atom. The highest BCUT2D eigenvalue weighted by Gasteiger charge is 2.18. The molecule has 3 aromatic heterocycles. The highest BCUT2D eigenvalue weighted by atomic mass is 32.1. The van der Waals surface area contributed by atoms with Crippen molar-refractivity contribution in [3.8, 4) is 0 Å². The number of hydrogen-bond acceptors (Lipinski definition) is 8. The summed E-state index contributed by atoms with van der Waals surface area (Å²) in [6.45, 7) is 5.82. The number of aromatic nitrogens is 3. The molecule has 1 amide bonds. The van der Waals surface area contributed by atoms with Gasteiger partial charge in [0.25, 0.3) is 5.91 Å². The molecule has 0 unspecified atom stereocenters. The summed E-state index contributed by atoms with van der Waals surface area (Å²) in [5.41, 5.74) is 1.45. The first-order chi connectivity index (χ1) is 15.5. The minimum Gasteiger partial charge on any atom is -0.348 e. The predicted octanol–water partition coefficient (Wildman–Crippen LogP) is 3.97. The van der Waals surface area contributed by atoms with Gasteiger partial charge in [-0.15, -0.1) is 0 Å². The van der Waals surface area contributed by atoms with Gasteiger partial charge in [-0.05, 0) is 51.3 Å². The van der Waals surface area contributed by atoms with E-state index in [2.05, 4.69) is 25.2 Å². The molecule has 1 saturated heterocycles. The molecule has 9 nitrogen and oxygen atoms in total. The van der Waals surface area contributed by atoms with Gasteiger partial charge >= 0.3 is 0 Å². The highest BCUT2D eigenvalue weighted by Crippen LogP contribution is 2.30. The molecule has 0 aromatic carbocycles. The maximum Gasteiger partial charge on any atom is 0.275 e. The van der Waals surface area contributed by atoms with Crippen LogP contribution in [0.3, 0.4) is 0 Å². The van der Waals surface area contributed by atoms with E-state index in [0.29, 0.717) is 11.5 Å². The molecule has 0 aliphatic carbocycles. The van der Waals surface area contributed by atoms with Gasteiger partial charge in [0, 0.05) is 19.1 Å². The van der Waals surface area contributed by atoms with E-state index in [1.807, 2.05) is 13.8 Å². The van der Waals surface area contributed by atoms with Gasteiger partial charge in [0.05, 0.1) is 17.2 Å². The number of carbonyl (C=O) groups is 1. The van der Waals surface area contributed by atoms with Crippen molar-refractivity contribution in [3.63, 3.8) is 0 Å². The summed E-state index contributed by atoms with van der Waals surface area (Å²) in [5, 5.41) is 19.6.